The molecule has 1 aliphatic rings. The third-order valence-corrected chi connectivity index (χ3v) is 5.27. The number of esters is 2. The molecule has 33 heavy (non-hydrogen) atoms. The van der Waals surface area contributed by atoms with Crippen molar-refractivity contribution >= 4 is 24.0 Å². The maximum absolute atomic E-state index is 13.1. The predicted molar refractivity (Wildman–Crippen MR) is 123 cm³/mol. The number of dihydropyridines is 1. The highest BCUT2D eigenvalue weighted by molar-refractivity contribution is 5.99. The summed E-state index contributed by atoms with van der Waals surface area (Å²) in [5.41, 5.74) is 2.78. The minimum Gasteiger partial charge on any atom is -0.478 e. The summed E-state index contributed by atoms with van der Waals surface area (Å²) in [7, 11) is 1.27. The van der Waals surface area contributed by atoms with Gasteiger partial charge >= 0.3 is 17.9 Å². The second-order valence-electron chi connectivity index (χ2n) is 7.47. The molecule has 1 aliphatic heterocycles. The Kier molecular flexibility index (Phi) is 7.46. The van der Waals surface area contributed by atoms with Gasteiger partial charge < -0.3 is 19.9 Å². The first-order valence-electron chi connectivity index (χ1n) is 10.3. The van der Waals surface area contributed by atoms with Crippen molar-refractivity contribution in [2.45, 2.75) is 19.8 Å². The summed E-state index contributed by atoms with van der Waals surface area (Å²) in [6.07, 6.45) is 3.54. The largest absolute Gasteiger partial charge is 0.478 e. The molecular formula is C26H25NO6. The second kappa shape index (κ2) is 10.5. The average molecular weight is 447 g/mol. The number of methoxy groups -OCH3 is 1. The molecule has 0 aromatic heterocycles. The molecule has 0 fully saturated rings. The van der Waals surface area contributed by atoms with Crippen LogP contribution in [0.3, 0.4) is 0 Å². The minimum absolute atomic E-state index is 0.00870. The van der Waals surface area contributed by atoms with E-state index in [0.29, 0.717) is 17.0 Å². The number of hydrogen-bond donors (Lipinski definition) is 2. The van der Waals surface area contributed by atoms with Crippen LogP contribution in [0, 0.1) is 0 Å². The van der Waals surface area contributed by atoms with E-state index in [-0.39, 0.29) is 23.3 Å². The highest BCUT2D eigenvalue weighted by atomic mass is 16.5. The van der Waals surface area contributed by atoms with Crippen molar-refractivity contribution in [3.63, 3.8) is 0 Å². The summed E-state index contributed by atoms with van der Waals surface area (Å²) in [6.45, 7) is 3.34. The van der Waals surface area contributed by atoms with Gasteiger partial charge in [0.1, 0.15) is 6.61 Å². The van der Waals surface area contributed by atoms with Gasteiger partial charge in [0, 0.05) is 11.4 Å². The highest BCUT2D eigenvalue weighted by Crippen LogP contribution is 2.39. The minimum atomic E-state index is -1.17. The van der Waals surface area contributed by atoms with E-state index in [1.807, 2.05) is 36.4 Å². The topological polar surface area (TPSA) is 102 Å². The van der Waals surface area contributed by atoms with Crippen molar-refractivity contribution in [1.82, 2.24) is 5.32 Å². The molecule has 0 amide bonds. The van der Waals surface area contributed by atoms with Crippen LogP contribution >= 0.6 is 0 Å². The monoisotopic (exact) mass is 447 g/mol. The Labute approximate surface area is 192 Å². The van der Waals surface area contributed by atoms with Crippen LogP contribution in [0.5, 0.6) is 0 Å². The number of nitrogens with one attached hydrogen (secondary N) is 1. The molecule has 0 aliphatic carbocycles. The lowest BCUT2D eigenvalue weighted by Crippen LogP contribution is -2.32. The summed E-state index contributed by atoms with van der Waals surface area (Å²) >= 11 is 0. The van der Waals surface area contributed by atoms with Gasteiger partial charge in [-0.25, -0.2) is 14.4 Å². The zero-order chi connectivity index (χ0) is 24.0. The molecule has 1 unspecified atom stereocenters. The number of benzene rings is 2. The number of allylic oxidation sites excluding steroid dienone is 2. The van der Waals surface area contributed by atoms with Crippen LogP contribution in [0.15, 0.2) is 83.2 Å². The number of aliphatic carboxylic acids is 1. The zero-order valence-corrected chi connectivity index (χ0v) is 18.6. The van der Waals surface area contributed by atoms with Crippen molar-refractivity contribution in [3.05, 3.63) is 99.9 Å². The average Bonchev–Trinajstić information content (AvgIpc) is 2.81. The molecule has 0 spiro atoms. The van der Waals surface area contributed by atoms with Crippen molar-refractivity contribution < 1.29 is 29.0 Å². The number of carbonyl (C=O) groups is 3. The van der Waals surface area contributed by atoms with E-state index in [4.69, 9.17) is 9.47 Å². The summed E-state index contributed by atoms with van der Waals surface area (Å²) in [5, 5.41) is 12.9. The van der Waals surface area contributed by atoms with Gasteiger partial charge in [-0.1, -0.05) is 48.5 Å². The number of hydrogen-bond acceptors (Lipinski definition) is 6. The molecule has 1 atom stereocenters. The number of carboxylic acid groups (broad SMARTS) is 1. The number of carbonyl (C=O) groups excluding carboxylic acids is 2. The third kappa shape index (κ3) is 5.38. The van der Waals surface area contributed by atoms with Crippen LogP contribution in [0.4, 0.5) is 0 Å². The highest BCUT2D eigenvalue weighted by Gasteiger charge is 2.37. The fraction of sp³-hybridized carbons (Fsp3) is 0.192. The van der Waals surface area contributed by atoms with Crippen LogP contribution in [-0.4, -0.2) is 36.7 Å². The molecule has 0 bridgehead atoms. The first-order valence-corrected chi connectivity index (χ1v) is 10.3. The molecule has 2 aromatic carbocycles. The summed E-state index contributed by atoms with van der Waals surface area (Å²) in [4.78, 5) is 37.3. The second-order valence-corrected chi connectivity index (χ2v) is 7.47. The fourth-order valence-electron chi connectivity index (χ4n) is 3.79. The van der Waals surface area contributed by atoms with Crippen molar-refractivity contribution in [3.8, 4) is 0 Å². The van der Waals surface area contributed by atoms with Crippen LogP contribution in [0.1, 0.15) is 41.3 Å². The van der Waals surface area contributed by atoms with E-state index >= 15 is 0 Å². The Hall–Kier alpha value is -4.13. The molecule has 2 N–H and O–H groups in total. The van der Waals surface area contributed by atoms with E-state index in [0.717, 1.165) is 5.56 Å². The van der Waals surface area contributed by atoms with E-state index < -0.39 is 23.8 Å². The van der Waals surface area contributed by atoms with Crippen LogP contribution in [0.2, 0.25) is 0 Å². The summed E-state index contributed by atoms with van der Waals surface area (Å²) in [5.74, 6) is -3.29. The molecular weight excluding hydrogens is 422 g/mol. The molecule has 0 saturated carbocycles. The van der Waals surface area contributed by atoms with Crippen molar-refractivity contribution in [2.24, 2.45) is 0 Å². The Balaban J connectivity index is 1.93. The molecule has 0 saturated heterocycles. The molecule has 0 radical (unpaired) electrons. The molecule has 3 rings (SSSR count). The number of ether oxygens (including phenoxy) is 2. The van der Waals surface area contributed by atoms with Gasteiger partial charge in [0.05, 0.1) is 29.7 Å². The Bertz CT molecular complexity index is 1160. The normalized spacial score (nSPS) is 15.9. The van der Waals surface area contributed by atoms with Gasteiger partial charge in [-0.15, -0.1) is 0 Å². The van der Waals surface area contributed by atoms with Gasteiger partial charge in [-0.05, 0) is 43.2 Å². The van der Waals surface area contributed by atoms with Gasteiger partial charge in [-0.2, -0.15) is 0 Å². The first-order chi connectivity index (χ1) is 15.8. The summed E-state index contributed by atoms with van der Waals surface area (Å²) in [6, 6.07) is 16.0. The molecule has 1 heterocycles. The SMILES string of the molecule is COC(=O)c1cccc(C2C(C(=O)O)=C(C)NC(C)=C2C(=O)OC/C=C/c2ccccc2)c1. The Morgan fingerprint density at radius 3 is 2.33 bits per heavy atom. The molecule has 7 nitrogen and oxygen atoms in total. The van der Waals surface area contributed by atoms with Gasteiger partial charge in [0.25, 0.3) is 0 Å². The Morgan fingerprint density at radius 2 is 1.67 bits per heavy atom. The van der Waals surface area contributed by atoms with E-state index in [2.05, 4.69) is 5.32 Å². The van der Waals surface area contributed by atoms with Crippen LogP contribution in [-0.2, 0) is 19.1 Å². The van der Waals surface area contributed by atoms with E-state index in [9.17, 15) is 19.5 Å². The van der Waals surface area contributed by atoms with Crippen LogP contribution < -0.4 is 5.32 Å². The lowest BCUT2D eigenvalue weighted by atomic mass is 9.80. The standard InChI is InChI=1S/C26H25NO6/c1-16-21(24(28)29)23(19-12-7-13-20(15-19)25(30)32-3)22(17(2)27-16)26(31)33-14-8-11-18-9-5-4-6-10-18/h4-13,15,23,27H,14H2,1-3H3,(H,28,29)/b11-8+. The smallest absolute Gasteiger partial charge is 0.337 e. The summed E-state index contributed by atoms with van der Waals surface area (Å²) < 4.78 is 10.2. The molecule has 7 heteroatoms. The lowest BCUT2D eigenvalue weighted by molar-refractivity contribution is -0.138. The predicted octanol–water partition coefficient (Wildman–Crippen LogP) is 4.05. The maximum atomic E-state index is 13.1. The zero-order valence-electron chi connectivity index (χ0n) is 18.6. The first kappa shape index (κ1) is 23.5. The van der Waals surface area contributed by atoms with Gasteiger partial charge in [0.2, 0.25) is 0 Å². The lowest BCUT2D eigenvalue weighted by Gasteiger charge is -2.29. The molecule has 2 aromatic rings. The maximum Gasteiger partial charge on any atom is 0.337 e. The van der Waals surface area contributed by atoms with Crippen molar-refractivity contribution in [2.75, 3.05) is 13.7 Å². The number of rotatable bonds is 7. The van der Waals surface area contributed by atoms with E-state index in [1.54, 1.807) is 38.1 Å². The van der Waals surface area contributed by atoms with E-state index in [1.165, 1.54) is 13.2 Å². The van der Waals surface area contributed by atoms with Crippen molar-refractivity contribution in [1.29, 1.82) is 0 Å². The number of carboxylic acids is 1. The quantitative estimate of drug-likeness (QED) is 0.618. The van der Waals surface area contributed by atoms with Gasteiger partial charge in [0.15, 0.2) is 0 Å². The Morgan fingerprint density at radius 1 is 0.970 bits per heavy atom. The van der Waals surface area contributed by atoms with Gasteiger partial charge in [-0.3, -0.25) is 0 Å². The van der Waals surface area contributed by atoms with Crippen LogP contribution in [0.25, 0.3) is 6.08 Å². The molecule has 170 valence electrons. The third-order valence-electron chi connectivity index (χ3n) is 5.27. The fourth-order valence-corrected chi connectivity index (χ4v) is 3.79.